The molecule has 0 aliphatic rings. The van der Waals surface area contributed by atoms with Crippen LogP contribution < -0.4 is 10.6 Å². The second-order valence-corrected chi connectivity index (χ2v) is 6.31. The smallest absolute Gasteiger partial charge is 0.191 e. The second kappa shape index (κ2) is 12.7. The zero-order valence-electron chi connectivity index (χ0n) is 16.1. The molecule has 0 fully saturated rings. The molecule has 0 aliphatic carbocycles. The number of nitrogens with zero attached hydrogens (tertiary/aromatic N) is 3. The number of hydrogen-bond donors (Lipinski definition) is 2. The first-order valence-electron chi connectivity index (χ1n) is 9.30. The maximum atomic E-state index is 4.74. The fourth-order valence-corrected chi connectivity index (χ4v) is 2.75. The van der Waals surface area contributed by atoms with Gasteiger partial charge in [-0.3, -0.25) is 0 Å². The van der Waals surface area contributed by atoms with Crippen LogP contribution in [0.4, 0.5) is 0 Å². The van der Waals surface area contributed by atoms with Crippen molar-refractivity contribution in [1.29, 1.82) is 0 Å². The Morgan fingerprint density at radius 1 is 1.15 bits per heavy atom. The van der Waals surface area contributed by atoms with Gasteiger partial charge in [0.05, 0.1) is 12.9 Å². The highest BCUT2D eigenvalue weighted by Gasteiger charge is 2.05. The molecule has 1 aromatic carbocycles. The highest BCUT2D eigenvalue weighted by molar-refractivity contribution is 14.0. The Hall–Kier alpha value is -1.57. The zero-order valence-corrected chi connectivity index (χ0v) is 18.4. The van der Waals surface area contributed by atoms with E-state index in [2.05, 4.69) is 65.2 Å². The molecule has 144 valence electrons. The van der Waals surface area contributed by atoms with Crippen molar-refractivity contribution in [1.82, 2.24) is 20.2 Å². The van der Waals surface area contributed by atoms with Crippen LogP contribution in [-0.4, -0.2) is 28.6 Å². The zero-order chi connectivity index (χ0) is 17.9. The van der Waals surface area contributed by atoms with Crippen molar-refractivity contribution in [2.24, 2.45) is 10.9 Å². The lowest BCUT2D eigenvalue weighted by molar-refractivity contribution is 0.481. The third-order valence-corrected chi connectivity index (χ3v) is 4.39. The van der Waals surface area contributed by atoms with Gasteiger partial charge in [-0.15, -0.1) is 24.0 Å². The number of nitrogens with one attached hydrogen (secondary N) is 2. The summed E-state index contributed by atoms with van der Waals surface area (Å²) in [6.07, 6.45) is 8.02. The van der Waals surface area contributed by atoms with Gasteiger partial charge in [-0.2, -0.15) is 0 Å². The lowest BCUT2D eigenvalue weighted by Gasteiger charge is -2.16. The maximum Gasteiger partial charge on any atom is 0.191 e. The minimum Gasteiger partial charge on any atom is -0.357 e. The Morgan fingerprint density at radius 3 is 2.58 bits per heavy atom. The Bertz CT molecular complexity index is 635. The first kappa shape index (κ1) is 22.5. The molecule has 1 heterocycles. The monoisotopic (exact) mass is 469 g/mol. The van der Waals surface area contributed by atoms with Gasteiger partial charge in [0.2, 0.25) is 0 Å². The topological polar surface area (TPSA) is 54.2 Å². The van der Waals surface area contributed by atoms with E-state index in [0.717, 1.165) is 25.6 Å². The van der Waals surface area contributed by atoms with Crippen LogP contribution in [0.25, 0.3) is 0 Å². The van der Waals surface area contributed by atoms with Gasteiger partial charge in [0.15, 0.2) is 5.96 Å². The van der Waals surface area contributed by atoms with Gasteiger partial charge < -0.3 is 15.2 Å². The average Bonchev–Trinajstić information content (AvgIpc) is 3.13. The van der Waals surface area contributed by atoms with Crippen molar-refractivity contribution in [3.05, 3.63) is 54.1 Å². The molecular weight excluding hydrogens is 437 g/mol. The molecule has 0 unspecified atom stereocenters. The summed E-state index contributed by atoms with van der Waals surface area (Å²) in [5.41, 5.74) is 2.48. The summed E-state index contributed by atoms with van der Waals surface area (Å²) in [7, 11) is 0. The summed E-state index contributed by atoms with van der Waals surface area (Å²) in [6, 6.07) is 8.59. The highest BCUT2D eigenvalue weighted by Crippen LogP contribution is 2.09. The third-order valence-electron chi connectivity index (χ3n) is 4.39. The van der Waals surface area contributed by atoms with Crippen LogP contribution in [0.5, 0.6) is 0 Å². The summed E-state index contributed by atoms with van der Waals surface area (Å²) in [4.78, 5) is 8.83. The molecule has 5 nitrogen and oxygen atoms in total. The van der Waals surface area contributed by atoms with Crippen LogP contribution in [0, 0.1) is 5.92 Å². The fourth-order valence-electron chi connectivity index (χ4n) is 2.75. The average molecular weight is 469 g/mol. The van der Waals surface area contributed by atoms with Crippen LogP contribution in [-0.2, 0) is 13.1 Å². The number of hydrogen-bond acceptors (Lipinski definition) is 2. The summed E-state index contributed by atoms with van der Waals surface area (Å²) in [5.74, 6) is 1.59. The number of rotatable bonds is 9. The van der Waals surface area contributed by atoms with Crippen LogP contribution in [0.1, 0.15) is 44.7 Å². The van der Waals surface area contributed by atoms with E-state index in [1.165, 1.54) is 24.0 Å². The number of guanidine groups is 1. The minimum absolute atomic E-state index is 0. The first-order valence-corrected chi connectivity index (χ1v) is 9.30. The molecule has 26 heavy (non-hydrogen) atoms. The Labute approximate surface area is 174 Å². The third kappa shape index (κ3) is 7.76. The Kier molecular flexibility index (Phi) is 11.0. The largest absolute Gasteiger partial charge is 0.357 e. The molecule has 0 saturated carbocycles. The van der Waals surface area contributed by atoms with Gasteiger partial charge in [-0.1, -0.05) is 51.0 Å². The van der Waals surface area contributed by atoms with Crippen LogP contribution >= 0.6 is 24.0 Å². The van der Waals surface area contributed by atoms with E-state index in [1.54, 1.807) is 0 Å². The van der Waals surface area contributed by atoms with Gasteiger partial charge in [0, 0.05) is 32.0 Å². The number of aromatic nitrogens is 2. The molecule has 6 heteroatoms. The molecule has 0 bridgehead atoms. The van der Waals surface area contributed by atoms with Crippen molar-refractivity contribution in [3.63, 3.8) is 0 Å². The van der Waals surface area contributed by atoms with Gasteiger partial charge in [0.1, 0.15) is 0 Å². The van der Waals surface area contributed by atoms with Gasteiger partial charge in [-0.25, -0.2) is 9.98 Å². The molecule has 1 aromatic heterocycles. The predicted octanol–water partition coefficient (Wildman–Crippen LogP) is 4.04. The number of imidazole rings is 1. The molecule has 0 radical (unpaired) electrons. The van der Waals surface area contributed by atoms with Crippen molar-refractivity contribution in [2.75, 3.05) is 13.1 Å². The molecule has 0 saturated heterocycles. The van der Waals surface area contributed by atoms with E-state index < -0.39 is 0 Å². The van der Waals surface area contributed by atoms with Gasteiger partial charge in [-0.05, 0) is 24.0 Å². The van der Waals surface area contributed by atoms with E-state index >= 15 is 0 Å². The van der Waals surface area contributed by atoms with Gasteiger partial charge in [0.25, 0.3) is 0 Å². The molecule has 2 rings (SSSR count). The minimum atomic E-state index is 0. The maximum absolute atomic E-state index is 4.74. The van der Waals surface area contributed by atoms with E-state index in [1.807, 2.05) is 18.7 Å². The number of aliphatic imine (C=N–C) groups is 1. The highest BCUT2D eigenvalue weighted by atomic mass is 127. The van der Waals surface area contributed by atoms with E-state index in [9.17, 15) is 0 Å². The van der Waals surface area contributed by atoms with Crippen LogP contribution in [0.15, 0.2) is 48.0 Å². The second-order valence-electron chi connectivity index (χ2n) is 6.31. The summed E-state index contributed by atoms with van der Waals surface area (Å²) in [5, 5.41) is 6.80. The Balaban J connectivity index is 0.00000338. The molecule has 0 amide bonds. The quantitative estimate of drug-likeness (QED) is 0.331. The van der Waals surface area contributed by atoms with E-state index in [0.29, 0.717) is 12.5 Å². The van der Waals surface area contributed by atoms with Crippen molar-refractivity contribution >= 4 is 29.9 Å². The summed E-state index contributed by atoms with van der Waals surface area (Å²) >= 11 is 0. The standard InChI is InChI=1S/C20H31N5.HI/c1-4-17(5-2)13-23-20(22-6-3)24-14-18-8-7-9-19(12-18)15-25-11-10-21-16-25;/h7-12,16-17H,4-6,13-15H2,1-3H3,(H2,22,23,24);1H. The predicted molar refractivity (Wildman–Crippen MR) is 120 cm³/mol. The molecular formula is C20H32IN5. The lowest BCUT2D eigenvalue weighted by atomic mass is 10.0. The summed E-state index contributed by atoms with van der Waals surface area (Å²) < 4.78 is 2.07. The van der Waals surface area contributed by atoms with Crippen LogP contribution in [0.3, 0.4) is 0 Å². The molecule has 0 atom stereocenters. The molecule has 2 N–H and O–H groups in total. The molecule has 2 aromatic rings. The van der Waals surface area contributed by atoms with Crippen molar-refractivity contribution < 1.29 is 0 Å². The summed E-state index contributed by atoms with van der Waals surface area (Å²) in [6.45, 7) is 9.94. The fraction of sp³-hybridized carbons (Fsp3) is 0.500. The lowest BCUT2D eigenvalue weighted by Crippen LogP contribution is -2.39. The van der Waals surface area contributed by atoms with Crippen molar-refractivity contribution in [2.45, 2.75) is 46.7 Å². The molecule has 0 spiro atoms. The van der Waals surface area contributed by atoms with E-state index in [-0.39, 0.29) is 24.0 Å². The number of halogens is 1. The van der Waals surface area contributed by atoms with Crippen LogP contribution in [0.2, 0.25) is 0 Å². The number of benzene rings is 1. The SMILES string of the molecule is CCNC(=NCc1cccc(Cn2ccnc2)c1)NCC(CC)CC.I. The first-order chi connectivity index (χ1) is 12.2. The normalized spacial score (nSPS) is 11.3. The van der Waals surface area contributed by atoms with Gasteiger partial charge >= 0.3 is 0 Å². The van der Waals surface area contributed by atoms with Crippen molar-refractivity contribution in [3.8, 4) is 0 Å². The Morgan fingerprint density at radius 2 is 1.92 bits per heavy atom. The molecule has 0 aliphatic heterocycles. The van der Waals surface area contributed by atoms with E-state index in [4.69, 9.17) is 4.99 Å².